The SMILES string of the molecule is Cn1cc(-c2ccc(NC(=O)c3cn(CC4CCOCC4)cc(-c4ccc(OC(F)(F)F)cc4)c3=O)cc2)c2c(N)ncnc21. The number of nitrogens with one attached hydrogen (secondary N) is 1. The number of hydrogen-bond donors (Lipinski definition) is 2. The molecule has 1 aliphatic rings. The number of halogens is 3. The van der Waals surface area contributed by atoms with Gasteiger partial charge in [-0.05, 0) is 54.2 Å². The van der Waals surface area contributed by atoms with Crippen LogP contribution in [0.25, 0.3) is 33.3 Å². The molecule has 1 aliphatic heterocycles. The van der Waals surface area contributed by atoms with Gasteiger partial charge in [0.1, 0.15) is 29.1 Å². The molecule has 3 aromatic heterocycles. The molecule has 6 rings (SSSR count). The van der Waals surface area contributed by atoms with Crippen LogP contribution in [0.1, 0.15) is 23.2 Å². The first kappa shape index (κ1) is 29.9. The van der Waals surface area contributed by atoms with Crippen LogP contribution in [0, 0.1) is 5.92 Å². The van der Waals surface area contributed by atoms with E-state index in [0.717, 1.165) is 41.5 Å². The minimum absolute atomic E-state index is 0.0989. The van der Waals surface area contributed by atoms with Gasteiger partial charge in [0.05, 0.1) is 5.39 Å². The lowest BCUT2D eigenvalue weighted by atomic mass is 9.99. The van der Waals surface area contributed by atoms with Gasteiger partial charge in [-0.15, -0.1) is 13.2 Å². The number of benzene rings is 2. The Balaban J connectivity index is 1.30. The Bertz CT molecular complexity index is 1910. The Morgan fingerprint density at radius 1 is 1.00 bits per heavy atom. The number of aryl methyl sites for hydroxylation is 1. The number of alkyl halides is 3. The molecule has 1 saturated heterocycles. The van der Waals surface area contributed by atoms with Crippen molar-refractivity contribution in [3.63, 3.8) is 0 Å². The van der Waals surface area contributed by atoms with Gasteiger partial charge >= 0.3 is 6.36 Å². The highest BCUT2D eigenvalue weighted by Crippen LogP contribution is 2.33. The summed E-state index contributed by atoms with van der Waals surface area (Å²) in [5, 5.41) is 3.52. The fourth-order valence-electron chi connectivity index (χ4n) is 5.55. The van der Waals surface area contributed by atoms with Crippen LogP contribution >= 0.6 is 0 Å². The van der Waals surface area contributed by atoms with Gasteiger partial charge in [0, 0.05) is 62.2 Å². The second-order valence-corrected chi connectivity index (χ2v) is 10.9. The molecule has 4 heterocycles. The van der Waals surface area contributed by atoms with E-state index >= 15 is 0 Å². The smallest absolute Gasteiger partial charge is 0.406 e. The Morgan fingerprint density at radius 3 is 2.36 bits per heavy atom. The predicted molar refractivity (Wildman–Crippen MR) is 163 cm³/mol. The van der Waals surface area contributed by atoms with Crippen molar-refractivity contribution in [3.05, 3.63) is 89.2 Å². The van der Waals surface area contributed by atoms with E-state index in [1.54, 1.807) is 22.9 Å². The van der Waals surface area contributed by atoms with Crippen LogP contribution in [0.2, 0.25) is 0 Å². The minimum Gasteiger partial charge on any atom is -0.406 e. The largest absolute Gasteiger partial charge is 0.573 e. The Hall–Kier alpha value is -5.17. The number of nitrogen functional groups attached to an aromatic ring is 1. The summed E-state index contributed by atoms with van der Waals surface area (Å²) in [5.74, 6) is -0.402. The lowest BCUT2D eigenvalue weighted by Gasteiger charge is -2.23. The summed E-state index contributed by atoms with van der Waals surface area (Å²) < 4.78 is 51.1. The Kier molecular flexibility index (Phi) is 8.02. The number of ether oxygens (including phenoxy) is 2. The molecule has 232 valence electrons. The van der Waals surface area contributed by atoms with Crippen molar-refractivity contribution in [2.24, 2.45) is 13.0 Å². The van der Waals surface area contributed by atoms with E-state index in [1.165, 1.54) is 24.7 Å². The zero-order valence-electron chi connectivity index (χ0n) is 24.2. The number of anilines is 2. The van der Waals surface area contributed by atoms with Crippen LogP contribution in [0.5, 0.6) is 5.75 Å². The quantitative estimate of drug-likeness (QED) is 0.242. The van der Waals surface area contributed by atoms with Crippen LogP contribution in [0.3, 0.4) is 0 Å². The number of nitrogens with zero attached hydrogens (tertiary/aromatic N) is 4. The molecule has 0 radical (unpaired) electrons. The fraction of sp³-hybridized carbons (Fsp3) is 0.250. The molecular weight excluding hydrogens is 589 g/mol. The Labute approximate surface area is 255 Å². The third-order valence-electron chi connectivity index (χ3n) is 7.77. The summed E-state index contributed by atoms with van der Waals surface area (Å²) in [7, 11) is 1.86. The molecule has 1 amide bonds. The standard InChI is InChI=1S/C32H29F3N6O4/c1-40-15-24(27-29(36)37-18-38-30(27)40)20-2-6-22(7-3-20)39-31(43)26-17-41(14-19-10-12-44-13-11-19)16-25(28(26)42)21-4-8-23(9-5-21)45-32(33,34)35/h2-9,15-19H,10-14H2,1H3,(H,39,43)(H2,36,37,38). The van der Waals surface area contributed by atoms with Crippen molar-refractivity contribution in [2.75, 3.05) is 24.3 Å². The molecular formula is C32H29F3N6O4. The van der Waals surface area contributed by atoms with E-state index in [4.69, 9.17) is 10.5 Å². The molecule has 0 bridgehead atoms. The maximum Gasteiger partial charge on any atom is 0.573 e. The maximum atomic E-state index is 13.6. The highest BCUT2D eigenvalue weighted by molar-refractivity contribution is 6.05. The van der Waals surface area contributed by atoms with Gasteiger partial charge in [0.2, 0.25) is 5.43 Å². The number of amides is 1. The molecule has 45 heavy (non-hydrogen) atoms. The lowest BCUT2D eigenvalue weighted by Crippen LogP contribution is -2.26. The van der Waals surface area contributed by atoms with E-state index in [2.05, 4.69) is 20.0 Å². The number of aromatic nitrogens is 4. The summed E-state index contributed by atoms with van der Waals surface area (Å²) in [6.45, 7) is 1.79. The number of carbonyl (C=O) groups excluding carboxylic acids is 1. The van der Waals surface area contributed by atoms with E-state index < -0.39 is 23.4 Å². The third kappa shape index (κ3) is 6.53. The van der Waals surface area contributed by atoms with Crippen molar-refractivity contribution in [3.8, 4) is 28.0 Å². The van der Waals surface area contributed by atoms with Crippen molar-refractivity contribution >= 4 is 28.4 Å². The summed E-state index contributed by atoms with van der Waals surface area (Å²) >= 11 is 0. The molecule has 0 unspecified atom stereocenters. The summed E-state index contributed by atoms with van der Waals surface area (Å²) in [6, 6.07) is 12.1. The van der Waals surface area contributed by atoms with Gasteiger partial charge in [0.15, 0.2) is 0 Å². The molecule has 1 fully saturated rings. The summed E-state index contributed by atoms with van der Waals surface area (Å²) in [5.41, 5.74) is 8.83. The van der Waals surface area contributed by atoms with E-state index in [-0.39, 0.29) is 17.0 Å². The fourth-order valence-corrected chi connectivity index (χ4v) is 5.55. The van der Waals surface area contributed by atoms with Crippen LogP contribution in [-0.4, -0.2) is 44.6 Å². The molecule has 0 saturated carbocycles. The average Bonchev–Trinajstić information content (AvgIpc) is 3.36. The predicted octanol–water partition coefficient (Wildman–Crippen LogP) is 5.62. The number of fused-ring (bicyclic) bond motifs is 1. The minimum atomic E-state index is -4.84. The lowest BCUT2D eigenvalue weighted by molar-refractivity contribution is -0.274. The number of rotatable bonds is 7. The zero-order chi connectivity index (χ0) is 31.7. The first-order valence-electron chi connectivity index (χ1n) is 14.2. The molecule has 0 atom stereocenters. The molecule has 13 heteroatoms. The third-order valence-corrected chi connectivity index (χ3v) is 7.77. The highest BCUT2D eigenvalue weighted by Gasteiger charge is 2.31. The number of carbonyl (C=O) groups is 1. The van der Waals surface area contributed by atoms with Gasteiger partial charge in [0.25, 0.3) is 5.91 Å². The zero-order valence-corrected chi connectivity index (χ0v) is 24.2. The normalized spacial score (nSPS) is 14.0. The van der Waals surface area contributed by atoms with Crippen molar-refractivity contribution < 1.29 is 27.4 Å². The molecule has 5 aromatic rings. The molecule has 0 aliphatic carbocycles. The first-order valence-corrected chi connectivity index (χ1v) is 14.2. The van der Waals surface area contributed by atoms with Gasteiger partial charge in [-0.25, -0.2) is 9.97 Å². The van der Waals surface area contributed by atoms with Crippen LogP contribution < -0.4 is 21.2 Å². The summed E-state index contributed by atoms with van der Waals surface area (Å²) in [4.78, 5) is 35.6. The van der Waals surface area contributed by atoms with Crippen molar-refractivity contribution in [1.29, 1.82) is 0 Å². The summed E-state index contributed by atoms with van der Waals surface area (Å²) in [6.07, 6.45) is 3.26. The van der Waals surface area contributed by atoms with Crippen molar-refractivity contribution in [1.82, 2.24) is 19.1 Å². The second kappa shape index (κ2) is 12.1. The van der Waals surface area contributed by atoms with Crippen LogP contribution in [0.15, 0.2) is 78.2 Å². The second-order valence-electron chi connectivity index (χ2n) is 10.9. The maximum absolute atomic E-state index is 13.6. The van der Waals surface area contributed by atoms with Gasteiger partial charge in [-0.2, -0.15) is 0 Å². The van der Waals surface area contributed by atoms with Crippen LogP contribution in [-0.2, 0) is 18.3 Å². The van der Waals surface area contributed by atoms with Gasteiger partial charge < -0.3 is 29.7 Å². The highest BCUT2D eigenvalue weighted by atomic mass is 19.4. The Morgan fingerprint density at radius 2 is 1.67 bits per heavy atom. The van der Waals surface area contributed by atoms with Gasteiger partial charge in [-0.3, -0.25) is 9.59 Å². The number of pyridine rings is 1. The van der Waals surface area contributed by atoms with Gasteiger partial charge in [-0.1, -0.05) is 24.3 Å². The molecule has 10 nitrogen and oxygen atoms in total. The van der Waals surface area contributed by atoms with E-state index in [1.807, 2.05) is 29.9 Å². The molecule has 0 spiro atoms. The monoisotopic (exact) mass is 618 g/mol. The van der Waals surface area contributed by atoms with E-state index in [0.29, 0.717) is 42.5 Å². The molecule has 2 aromatic carbocycles. The average molecular weight is 619 g/mol. The van der Waals surface area contributed by atoms with E-state index in [9.17, 15) is 22.8 Å². The number of hydrogen-bond acceptors (Lipinski definition) is 7. The number of nitrogens with two attached hydrogens (primary N) is 1. The van der Waals surface area contributed by atoms with Crippen molar-refractivity contribution in [2.45, 2.75) is 25.7 Å². The topological polar surface area (TPSA) is 126 Å². The molecule has 3 N–H and O–H groups in total. The van der Waals surface area contributed by atoms with Crippen LogP contribution in [0.4, 0.5) is 24.7 Å². The first-order chi connectivity index (χ1) is 21.6.